The molecule has 2 aromatic carbocycles. The van der Waals surface area contributed by atoms with Crippen molar-refractivity contribution < 1.29 is 18.0 Å². The highest BCUT2D eigenvalue weighted by atomic mass is 35.5. The van der Waals surface area contributed by atoms with Gasteiger partial charge in [0, 0.05) is 16.3 Å². The molecule has 104 valence electrons. The fraction of sp³-hybridized carbons (Fsp3) is 0.0714. The second-order valence-corrected chi connectivity index (χ2v) is 4.44. The maximum Gasteiger partial charge on any atom is 0.471 e. The average Bonchev–Trinajstić information content (AvgIpc) is 2.38. The fourth-order valence-electron chi connectivity index (χ4n) is 1.69. The van der Waals surface area contributed by atoms with Crippen molar-refractivity contribution in [1.29, 1.82) is 0 Å². The number of hydrogen-bond acceptors (Lipinski definition) is 1. The number of benzene rings is 2. The molecule has 0 aliphatic heterocycles. The lowest BCUT2D eigenvalue weighted by Gasteiger charge is -2.12. The Bertz CT molecular complexity index is 640. The van der Waals surface area contributed by atoms with Crippen molar-refractivity contribution in [2.45, 2.75) is 6.18 Å². The number of halogens is 4. The molecule has 0 bridgehead atoms. The Hall–Kier alpha value is -2.01. The second-order valence-electron chi connectivity index (χ2n) is 4.01. The Morgan fingerprint density at radius 2 is 1.75 bits per heavy atom. The van der Waals surface area contributed by atoms with Gasteiger partial charge in [0.1, 0.15) is 0 Å². The van der Waals surface area contributed by atoms with Crippen molar-refractivity contribution >= 4 is 23.2 Å². The van der Waals surface area contributed by atoms with Crippen LogP contribution in [0.15, 0.2) is 48.5 Å². The summed E-state index contributed by atoms with van der Waals surface area (Å²) in [6.07, 6.45) is -4.93. The molecule has 20 heavy (non-hydrogen) atoms. The summed E-state index contributed by atoms with van der Waals surface area (Å²) < 4.78 is 36.9. The van der Waals surface area contributed by atoms with E-state index >= 15 is 0 Å². The molecule has 0 saturated carbocycles. The number of hydrogen-bond donors (Lipinski definition) is 1. The third-order valence-electron chi connectivity index (χ3n) is 2.57. The minimum Gasteiger partial charge on any atom is -0.318 e. The van der Waals surface area contributed by atoms with Crippen LogP contribution in [0.5, 0.6) is 0 Å². The number of nitrogens with one attached hydrogen (secondary N) is 1. The van der Waals surface area contributed by atoms with Gasteiger partial charge in [-0.25, -0.2) is 0 Å². The van der Waals surface area contributed by atoms with Gasteiger partial charge in [0.25, 0.3) is 0 Å². The van der Waals surface area contributed by atoms with Gasteiger partial charge in [-0.1, -0.05) is 41.9 Å². The summed E-state index contributed by atoms with van der Waals surface area (Å²) in [5.74, 6) is -2.01. The highest BCUT2D eigenvalue weighted by Crippen LogP contribution is 2.30. The predicted molar refractivity (Wildman–Crippen MR) is 71.6 cm³/mol. The highest BCUT2D eigenvalue weighted by molar-refractivity contribution is 6.30. The largest absolute Gasteiger partial charge is 0.471 e. The summed E-state index contributed by atoms with van der Waals surface area (Å²) in [6.45, 7) is 0. The molecule has 0 radical (unpaired) electrons. The van der Waals surface area contributed by atoms with Crippen LogP contribution < -0.4 is 5.32 Å². The van der Waals surface area contributed by atoms with E-state index in [4.69, 9.17) is 11.6 Å². The van der Waals surface area contributed by atoms with E-state index < -0.39 is 12.1 Å². The van der Waals surface area contributed by atoms with Crippen molar-refractivity contribution in [3.05, 3.63) is 53.6 Å². The number of amides is 1. The van der Waals surface area contributed by atoms with Crippen LogP contribution in [0.3, 0.4) is 0 Å². The zero-order valence-electron chi connectivity index (χ0n) is 10.0. The van der Waals surface area contributed by atoms with Crippen molar-refractivity contribution in [3.8, 4) is 11.1 Å². The van der Waals surface area contributed by atoms with Crippen LogP contribution in [0.25, 0.3) is 11.1 Å². The van der Waals surface area contributed by atoms with Gasteiger partial charge in [-0.05, 0) is 23.8 Å². The molecule has 0 aromatic heterocycles. The number of rotatable bonds is 2. The first-order valence-corrected chi connectivity index (χ1v) is 5.99. The summed E-state index contributed by atoms with van der Waals surface area (Å²) in [6, 6.07) is 12.9. The van der Waals surface area contributed by atoms with Gasteiger partial charge in [0.2, 0.25) is 0 Å². The van der Waals surface area contributed by atoms with E-state index in [2.05, 4.69) is 0 Å². The molecule has 1 N–H and O–H groups in total. The van der Waals surface area contributed by atoms with Gasteiger partial charge >= 0.3 is 12.1 Å². The van der Waals surface area contributed by atoms with Crippen LogP contribution in [-0.4, -0.2) is 12.1 Å². The van der Waals surface area contributed by atoms with Gasteiger partial charge < -0.3 is 5.32 Å². The maximum atomic E-state index is 12.3. The van der Waals surface area contributed by atoms with Crippen molar-refractivity contribution in [2.24, 2.45) is 0 Å². The van der Waals surface area contributed by atoms with Crippen molar-refractivity contribution in [1.82, 2.24) is 0 Å². The van der Waals surface area contributed by atoms with E-state index in [-0.39, 0.29) is 5.69 Å². The van der Waals surface area contributed by atoms with E-state index in [1.807, 2.05) is 5.32 Å². The van der Waals surface area contributed by atoms with E-state index in [0.29, 0.717) is 16.1 Å². The van der Waals surface area contributed by atoms with Crippen LogP contribution in [0.1, 0.15) is 0 Å². The molecule has 0 heterocycles. The molecule has 0 spiro atoms. The molecule has 0 saturated heterocycles. The zero-order chi connectivity index (χ0) is 14.8. The smallest absolute Gasteiger partial charge is 0.318 e. The predicted octanol–water partition coefficient (Wildman–Crippen LogP) is 4.51. The maximum absolute atomic E-state index is 12.3. The summed E-state index contributed by atoms with van der Waals surface area (Å²) in [7, 11) is 0. The molecule has 0 unspecified atom stereocenters. The standard InChI is InChI=1S/C14H9ClF3NO/c15-10-5-3-4-9(8-10)11-6-1-2-7-12(11)19-13(20)14(16,17)18/h1-8H,(H,19,20). The molecule has 2 aromatic rings. The van der Waals surface area contributed by atoms with Gasteiger partial charge in [-0.2, -0.15) is 13.2 Å². The SMILES string of the molecule is O=C(Nc1ccccc1-c1cccc(Cl)c1)C(F)(F)F. The van der Waals surface area contributed by atoms with Crippen molar-refractivity contribution in [2.75, 3.05) is 5.32 Å². The molecule has 2 rings (SSSR count). The van der Waals surface area contributed by atoms with E-state index in [9.17, 15) is 18.0 Å². The van der Waals surface area contributed by atoms with Gasteiger partial charge in [-0.3, -0.25) is 4.79 Å². The van der Waals surface area contributed by atoms with Crippen LogP contribution >= 0.6 is 11.6 Å². The molecule has 0 atom stereocenters. The van der Waals surface area contributed by atoms with Crippen LogP contribution in [0.2, 0.25) is 5.02 Å². The number of anilines is 1. The van der Waals surface area contributed by atoms with Gasteiger partial charge in [0.15, 0.2) is 0 Å². The first-order valence-electron chi connectivity index (χ1n) is 5.61. The minimum absolute atomic E-state index is 0.0806. The lowest BCUT2D eigenvalue weighted by Crippen LogP contribution is -2.30. The summed E-state index contributed by atoms with van der Waals surface area (Å²) >= 11 is 5.86. The minimum atomic E-state index is -4.93. The average molecular weight is 300 g/mol. The molecular formula is C14H9ClF3NO. The number of carbonyl (C=O) groups excluding carboxylic acids is 1. The molecule has 2 nitrogen and oxygen atoms in total. The molecule has 1 amide bonds. The topological polar surface area (TPSA) is 29.1 Å². The third kappa shape index (κ3) is 3.30. The Balaban J connectivity index is 2.39. The van der Waals surface area contributed by atoms with Crippen molar-refractivity contribution in [3.63, 3.8) is 0 Å². The van der Waals surface area contributed by atoms with E-state index in [0.717, 1.165) is 0 Å². The Labute approximate surface area is 118 Å². The van der Waals surface area contributed by atoms with Gasteiger partial charge in [0.05, 0.1) is 0 Å². The molecule has 6 heteroatoms. The highest BCUT2D eigenvalue weighted by Gasteiger charge is 2.38. The first kappa shape index (κ1) is 14.4. The Kier molecular flexibility index (Phi) is 3.99. The van der Waals surface area contributed by atoms with Crippen LogP contribution in [0.4, 0.5) is 18.9 Å². The number of carbonyl (C=O) groups is 1. The number of para-hydroxylation sites is 1. The monoisotopic (exact) mass is 299 g/mol. The van der Waals surface area contributed by atoms with Crippen LogP contribution in [-0.2, 0) is 4.79 Å². The summed E-state index contributed by atoms with van der Waals surface area (Å²) in [5.41, 5.74) is 1.17. The number of alkyl halides is 3. The molecule has 0 aliphatic rings. The fourth-order valence-corrected chi connectivity index (χ4v) is 1.88. The summed E-state index contributed by atoms with van der Waals surface area (Å²) in [5, 5.41) is 2.32. The molecule has 0 fully saturated rings. The summed E-state index contributed by atoms with van der Waals surface area (Å²) in [4.78, 5) is 11.0. The molecule has 0 aliphatic carbocycles. The zero-order valence-corrected chi connectivity index (χ0v) is 10.8. The van der Waals surface area contributed by atoms with Gasteiger partial charge in [-0.15, -0.1) is 0 Å². The Morgan fingerprint density at radius 3 is 2.40 bits per heavy atom. The van der Waals surface area contributed by atoms with E-state index in [1.54, 1.807) is 42.5 Å². The quantitative estimate of drug-likeness (QED) is 0.868. The second kappa shape index (κ2) is 5.54. The molecular weight excluding hydrogens is 291 g/mol. The Morgan fingerprint density at radius 1 is 1.05 bits per heavy atom. The normalized spacial score (nSPS) is 11.2. The third-order valence-corrected chi connectivity index (χ3v) is 2.80. The lowest BCUT2D eigenvalue weighted by molar-refractivity contribution is -0.167. The lowest BCUT2D eigenvalue weighted by atomic mass is 10.0. The first-order chi connectivity index (χ1) is 9.38. The van der Waals surface area contributed by atoms with Crippen LogP contribution in [0, 0.1) is 0 Å². The van der Waals surface area contributed by atoms with E-state index in [1.165, 1.54) is 6.07 Å².